The van der Waals surface area contributed by atoms with Crippen molar-refractivity contribution < 1.29 is 4.74 Å². The van der Waals surface area contributed by atoms with Crippen LogP contribution in [-0.4, -0.2) is 7.11 Å². The Hall–Kier alpha value is -0.820. The molecular weight excluding hydrogens is 160 g/mol. The fraction of sp³-hybridized carbons (Fsp3) is 0.500. The number of aryl methyl sites for hydroxylation is 1. The molecule has 72 valence electrons. The number of hydrogen-bond donors (Lipinski definition) is 0. The summed E-state index contributed by atoms with van der Waals surface area (Å²) in [5, 5.41) is 0. The SMILES string of the molecule is CCCc1ccccc1C(C)OC. The Kier molecular flexibility index (Phi) is 3.97. The number of methoxy groups -OCH3 is 1. The lowest BCUT2D eigenvalue weighted by Crippen LogP contribution is -2.00. The van der Waals surface area contributed by atoms with Crippen molar-refractivity contribution in [2.45, 2.75) is 32.8 Å². The van der Waals surface area contributed by atoms with E-state index in [0.29, 0.717) is 0 Å². The van der Waals surface area contributed by atoms with Crippen molar-refractivity contribution in [3.8, 4) is 0 Å². The molecule has 0 heterocycles. The quantitative estimate of drug-likeness (QED) is 0.687. The third-order valence-corrected chi connectivity index (χ3v) is 2.37. The van der Waals surface area contributed by atoms with Crippen LogP contribution in [0.2, 0.25) is 0 Å². The molecule has 1 nitrogen and oxygen atoms in total. The molecule has 1 atom stereocenters. The van der Waals surface area contributed by atoms with Gasteiger partial charge in [-0.05, 0) is 24.5 Å². The molecule has 1 aromatic carbocycles. The van der Waals surface area contributed by atoms with E-state index < -0.39 is 0 Å². The summed E-state index contributed by atoms with van der Waals surface area (Å²) in [5.41, 5.74) is 2.74. The zero-order chi connectivity index (χ0) is 9.68. The third kappa shape index (κ3) is 2.56. The van der Waals surface area contributed by atoms with Gasteiger partial charge < -0.3 is 4.74 Å². The highest BCUT2D eigenvalue weighted by Gasteiger charge is 2.07. The van der Waals surface area contributed by atoms with Crippen LogP contribution in [-0.2, 0) is 11.2 Å². The van der Waals surface area contributed by atoms with Crippen LogP contribution >= 0.6 is 0 Å². The first-order chi connectivity index (χ1) is 6.29. The summed E-state index contributed by atoms with van der Waals surface area (Å²) in [7, 11) is 1.76. The van der Waals surface area contributed by atoms with Crippen molar-refractivity contribution in [1.29, 1.82) is 0 Å². The zero-order valence-corrected chi connectivity index (χ0v) is 8.71. The predicted octanol–water partition coefficient (Wildman–Crippen LogP) is 3.35. The largest absolute Gasteiger partial charge is 0.377 e. The summed E-state index contributed by atoms with van der Waals surface area (Å²) in [5.74, 6) is 0. The smallest absolute Gasteiger partial charge is 0.0795 e. The maximum atomic E-state index is 5.32. The highest BCUT2D eigenvalue weighted by atomic mass is 16.5. The lowest BCUT2D eigenvalue weighted by Gasteiger charge is -2.14. The highest BCUT2D eigenvalue weighted by molar-refractivity contribution is 5.28. The second kappa shape index (κ2) is 5.03. The Bertz CT molecular complexity index is 255. The Morgan fingerprint density at radius 1 is 1.31 bits per heavy atom. The van der Waals surface area contributed by atoms with Crippen molar-refractivity contribution in [3.05, 3.63) is 35.4 Å². The minimum Gasteiger partial charge on any atom is -0.377 e. The van der Waals surface area contributed by atoms with Gasteiger partial charge in [0.05, 0.1) is 6.10 Å². The van der Waals surface area contributed by atoms with Gasteiger partial charge in [-0.1, -0.05) is 37.6 Å². The van der Waals surface area contributed by atoms with Crippen molar-refractivity contribution >= 4 is 0 Å². The highest BCUT2D eigenvalue weighted by Crippen LogP contribution is 2.21. The van der Waals surface area contributed by atoms with Crippen LogP contribution in [0.4, 0.5) is 0 Å². The first kappa shape index (κ1) is 10.3. The molecule has 13 heavy (non-hydrogen) atoms. The Labute approximate surface area is 80.7 Å². The van der Waals surface area contributed by atoms with E-state index in [9.17, 15) is 0 Å². The van der Waals surface area contributed by atoms with E-state index in [1.54, 1.807) is 7.11 Å². The van der Waals surface area contributed by atoms with Gasteiger partial charge in [0.15, 0.2) is 0 Å². The molecule has 0 radical (unpaired) electrons. The second-order valence-electron chi connectivity index (χ2n) is 3.33. The topological polar surface area (TPSA) is 9.23 Å². The molecule has 0 fully saturated rings. The molecule has 0 aliphatic heterocycles. The summed E-state index contributed by atoms with van der Waals surface area (Å²) in [6, 6.07) is 8.51. The fourth-order valence-electron chi connectivity index (χ4n) is 1.55. The van der Waals surface area contributed by atoms with Gasteiger partial charge in [-0.15, -0.1) is 0 Å². The maximum absolute atomic E-state index is 5.32. The van der Waals surface area contributed by atoms with E-state index in [-0.39, 0.29) is 6.10 Å². The lowest BCUT2D eigenvalue weighted by atomic mass is 10.00. The average Bonchev–Trinajstić information content (AvgIpc) is 2.18. The van der Waals surface area contributed by atoms with E-state index in [1.807, 2.05) is 0 Å². The van der Waals surface area contributed by atoms with Gasteiger partial charge in [0.2, 0.25) is 0 Å². The van der Waals surface area contributed by atoms with E-state index >= 15 is 0 Å². The third-order valence-electron chi connectivity index (χ3n) is 2.37. The van der Waals surface area contributed by atoms with Crippen LogP contribution in [0.1, 0.15) is 37.5 Å². The molecule has 1 heteroatoms. The van der Waals surface area contributed by atoms with Gasteiger partial charge in [-0.2, -0.15) is 0 Å². The Balaban J connectivity index is 2.90. The standard InChI is InChI=1S/C12H18O/c1-4-7-11-8-5-6-9-12(11)10(2)13-3/h5-6,8-10H,4,7H2,1-3H3. The van der Waals surface area contributed by atoms with Crippen molar-refractivity contribution in [1.82, 2.24) is 0 Å². The molecular formula is C12H18O. The maximum Gasteiger partial charge on any atom is 0.0795 e. The molecule has 0 N–H and O–H groups in total. The van der Waals surface area contributed by atoms with Gasteiger partial charge >= 0.3 is 0 Å². The van der Waals surface area contributed by atoms with E-state index in [2.05, 4.69) is 38.1 Å². The molecule has 0 saturated carbocycles. The van der Waals surface area contributed by atoms with Crippen LogP contribution in [0.15, 0.2) is 24.3 Å². The molecule has 0 aromatic heterocycles. The molecule has 0 spiro atoms. The van der Waals surface area contributed by atoms with Crippen LogP contribution in [0.3, 0.4) is 0 Å². The summed E-state index contributed by atoms with van der Waals surface area (Å²) in [6.07, 6.45) is 2.54. The monoisotopic (exact) mass is 178 g/mol. The van der Waals surface area contributed by atoms with Crippen molar-refractivity contribution in [2.24, 2.45) is 0 Å². The van der Waals surface area contributed by atoms with Gasteiger partial charge in [0.25, 0.3) is 0 Å². The van der Waals surface area contributed by atoms with Gasteiger partial charge in [-0.25, -0.2) is 0 Å². The van der Waals surface area contributed by atoms with Crippen LogP contribution in [0.5, 0.6) is 0 Å². The normalized spacial score (nSPS) is 12.8. The van der Waals surface area contributed by atoms with E-state index in [0.717, 1.165) is 6.42 Å². The van der Waals surface area contributed by atoms with Crippen LogP contribution < -0.4 is 0 Å². The first-order valence-corrected chi connectivity index (χ1v) is 4.90. The van der Waals surface area contributed by atoms with E-state index in [1.165, 1.54) is 17.5 Å². The molecule has 0 saturated heterocycles. The molecule has 0 bridgehead atoms. The molecule has 1 rings (SSSR count). The van der Waals surface area contributed by atoms with Gasteiger partial charge in [-0.3, -0.25) is 0 Å². The van der Waals surface area contributed by atoms with Crippen molar-refractivity contribution in [2.75, 3.05) is 7.11 Å². The number of hydrogen-bond acceptors (Lipinski definition) is 1. The van der Waals surface area contributed by atoms with Gasteiger partial charge in [0, 0.05) is 7.11 Å². The summed E-state index contributed by atoms with van der Waals surface area (Å²) >= 11 is 0. The fourth-order valence-corrected chi connectivity index (χ4v) is 1.55. The second-order valence-corrected chi connectivity index (χ2v) is 3.33. The lowest BCUT2D eigenvalue weighted by molar-refractivity contribution is 0.119. The van der Waals surface area contributed by atoms with Crippen LogP contribution in [0.25, 0.3) is 0 Å². The summed E-state index contributed by atoms with van der Waals surface area (Å²) < 4.78 is 5.32. The number of ether oxygens (including phenoxy) is 1. The molecule has 0 aliphatic carbocycles. The zero-order valence-electron chi connectivity index (χ0n) is 8.71. The molecule has 0 aliphatic rings. The minimum absolute atomic E-state index is 0.211. The minimum atomic E-state index is 0.211. The van der Waals surface area contributed by atoms with Crippen molar-refractivity contribution in [3.63, 3.8) is 0 Å². The number of benzene rings is 1. The van der Waals surface area contributed by atoms with Gasteiger partial charge in [0.1, 0.15) is 0 Å². The van der Waals surface area contributed by atoms with Crippen LogP contribution in [0, 0.1) is 0 Å². The predicted molar refractivity (Wildman–Crippen MR) is 55.9 cm³/mol. The Morgan fingerprint density at radius 3 is 2.62 bits per heavy atom. The Morgan fingerprint density at radius 2 is 2.00 bits per heavy atom. The summed E-state index contributed by atoms with van der Waals surface area (Å²) in [4.78, 5) is 0. The molecule has 0 amide bonds. The molecule has 1 aromatic rings. The first-order valence-electron chi connectivity index (χ1n) is 4.90. The van der Waals surface area contributed by atoms with E-state index in [4.69, 9.17) is 4.74 Å². The number of rotatable bonds is 4. The summed E-state index contributed by atoms with van der Waals surface area (Å²) in [6.45, 7) is 4.29. The molecule has 1 unspecified atom stereocenters. The average molecular weight is 178 g/mol.